The highest BCUT2D eigenvalue weighted by Gasteiger charge is 2.04. The van der Waals surface area contributed by atoms with Crippen molar-refractivity contribution in [1.82, 2.24) is 5.48 Å². The standard InChI is InChI=1S/C8H10FNO2/c1-5-7(9)2-6(4-10-12)3-8(5)11/h2-3,10-12H,4H2,1H3. The van der Waals surface area contributed by atoms with Crippen molar-refractivity contribution in [2.75, 3.05) is 0 Å². The molecule has 0 saturated heterocycles. The van der Waals surface area contributed by atoms with Gasteiger partial charge in [-0.2, -0.15) is 0 Å². The maximum atomic E-state index is 12.9. The van der Waals surface area contributed by atoms with E-state index in [1.165, 1.54) is 19.1 Å². The largest absolute Gasteiger partial charge is 0.508 e. The van der Waals surface area contributed by atoms with Gasteiger partial charge in [0, 0.05) is 12.1 Å². The number of hydrogen-bond acceptors (Lipinski definition) is 3. The maximum Gasteiger partial charge on any atom is 0.130 e. The Labute approximate surface area is 69.4 Å². The van der Waals surface area contributed by atoms with Crippen LogP contribution in [0.1, 0.15) is 11.1 Å². The summed E-state index contributed by atoms with van der Waals surface area (Å²) < 4.78 is 12.9. The lowest BCUT2D eigenvalue weighted by Crippen LogP contribution is -2.06. The summed E-state index contributed by atoms with van der Waals surface area (Å²) in [4.78, 5) is 0. The Balaban J connectivity index is 3.04. The van der Waals surface area contributed by atoms with E-state index in [0.717, 1.165) is 0 Å². The lowest BCUT2D eigenvalue weighted by molar-refractivity contribution is 0.161. The number of phenolic OH excluding ortho intramolecular Hbond substituents is 1. The van der Waals surface area contributed by atoms with Gasteiger partial charge < -0.3 is 10.3 Å². The van der Waals surface area contributed by atoms with Gasteiger partial charge in [-0.1, -0.05) is 0 Å². The maximum absolute atomic E-state index is 12.9. The van der Waals surface area contributed by atoms with Gasteiger partial charge >= 0.3 is 0 Å². The third-order valence-electron chi connectivity index (χ3n) is 1.66. The quantitative estimate of drug-likeness (QED) is 0.588. The van der Waals surface area contributed by atoms with Crippen molar-refractivity contribution in [3.8, 4) is 5.75 Å². The molecule has 0 fully saturated rings. The first-order valence-electron chi connectivity index (χ1n) is 3.50. The number of nitrogens with one attached hydrogen (secondary N) is 1. The van der Waals surface area contributed by atoms with Gasteiger partial charge in [-0.05, 0) is 24.6 Å². The molecule has 0 heterocycles. The van der Waals surface area contributed by atoms with E-state index in [1.807, 2.05) is 5.48 Å². The van der Waals surface area contributed by atoms with E-state index in [4.69, 9.17) is 10.3 Å². The van der Waals surface area contributed by atoms with Crippen molar-refractivity contribution in [2.24, 2.45) is 0 Å². The van der Waals surface area contributed by atoms with Gasteiger partial charge in [0.15, 0.2) is 0 Å². The molecule has 0 amide bonds. The van der Waals surface area contributed by atoms with Crippen LogP contribution >= 0.6 is 0 Å². The smallest absolute Gasteiger partial charge is 0.130 e. The fourth-order valence-corrected chi connectivity index (χ4v) is 0.912. The van der Waals surface area contributed by atoms with Crippen molar-refractivity contribution in [2.45, 2.75) is 13.5 Å². The van der Waals surface area contributed by atoms with Crippen molar-refractivity contribution in [1.29, 1.82) is 0 Å². The van der Waals surface area contributed by atoms with Crippen LogP contribution in [0, 0.1) is 12.7 Å². The minimum atomic E-state index is -0.472. The molecule has 12 heavy (non-hydrogen) atoms. The SMILES string of the molecule is Cc1c(O)cc(CNO)cc1F. The minimum absolute atomic E-state index is 0.0970. The van der Waals surface area contributed by atoms with Gasteiger partial charge in [-0.3, -0.25) is 0 Å². The molecule has 3 N–H and O–H groups in total. The number of halogens is 1. The molecule has 0 aromatic heterocycles. The third-order valence-corrected chi connectivity index (χ3v) is 1.66. The minimum Gasteiger partial charge on any atom is -0.508 e. The van der Waals surface area contributed by atoms with E-state index in [-0.39, 0.29) is 17.9 Å². The molecule has 0 aliphatic heterocycles. The zero-order chi connectivity index (χ0) is 9.14. The van der Waals surface area contributed by atoms with E-state index in [0.29, 0.717) is 5.56 Å². The molecular weight excluding hydrogens is 161 g/mol. The molecule has 0 atom stereocenters. The molecule has 0 aliphatic rings. The second kappa shape index (κ2) is 3.51. The third kappa shape index (κ3) is 1.72. The molecule has 0 aliphatic carbocycles. The lowest BCUT2D eigenvalue weighted by Gasteiger charge is -2.04. The number of hydroxylamine groups is 1. The van der Waals surface area contributed by atoms with Crippen molar-refractivity contribution >= 4 is 0 Å². The summed E-state index contributed by atoms with van der Waals surface area (Å²) in [7, 11) is 0. The zero-order valence-electron chi connectivity index (χ0n) is 6.63. The van der Waals surface area contributed by atoms with Crippen LogP contribution in [-0.4, -0.2) is 10.3 Å². The fraction of sp³-hybridized carbons (Fsp3) is 0.250. The Morgan fingerprint density at radius 2 is 2.17 bits per heavy atom. The van der Waals surface area contributed by atoms with E-state index in [9.17, 15) is 4.39 Å². The summed E-state index contributed by atoms with van der Waals surface area (Å²) in [6.45, 7) is 1.60. The van der Waals surface area contributed by atoms with Crippen LogP contribution in [0.2, 0.25) is 0 Å². The van der Waals surface area contributed by atoms with Crippen LogP contribution in [0.4, 0.5) is 4.39 Å². The molecule has 0 bridgehead atoms. The zero-order valence-corrected chi connectivity index (χ0v) is 6.63. The first-order valence-corrected chi connectivity index (χ1v) is 3.50. The molecule has 0 saturated carbocycles. The molecule has 4 heteroatoms. The highest BCUT2D eigenvalue weighted by molar-refractivity contribution is 5.36. The molecule has 3 nitrogen and oxygen atoms in total. The number of hydrogen-bond donors (Lipinski definition) is 3. The van der Waals surface area contributed by atoms with E-state index < -0.39 is 5.82 Å². The molecule has 1 aromatic rings. The number of benzene rings is 1. The Hall–Kier alpha value is -1.13. The average molecular weight is 171 g/mol. The van der Waals surface area contributed by atoms with Crippen LogP contribution in [0.25, 0.3) is 0 Å². The summed E-state index contributed by atoms with van der Waals surface area (Å²) in [5.41, 5.74) is 2.60. The Kier molecular flexibility index (Phi) is 2.62. The predicted octanol–water partition coefficient (Wildman–Crippen LogP) is 1.32. The highest BCUT2D eigenvalue weighted by Crippen LogP contribution is 2.20. The Morgan fingerprint density at radius 1 is 1.50 bits per heavy atom. The van der Waals surface area contributed by atoms with E-state index >= 15 is 0 Å². The monoisotopic (exact) mass is 171 g/mol. The average Bonchev–Trinajstić information content (AvgIpc) is 2.01. The molecule has 0 unspecified atom stereocenters. The van der Waals surface area contributed by atoms with Crippen LogP contribution in [0.15, 0.2) is 12.1 Å². The molecule has 1 rings (SSSR count). The van der Waals surface area contributed by atoms with E-state index in [2.05, 4.69) is 0 Å². The summed E-state index contributed by atoms with van der Waals surface area (Å²) >= 11 is 0. The Bertz CT molecular complexity index is 265. The van der Waals surface area contributed by atoms with Gasteiger partial charge in [-0.25, -0.2) is 9.87 Å². The van der Waals surface area contributed by atoms with Crippen LogP contribution in [0.5, 0.6) is 5.75 Å². The van der Waals surface area contributed by atoms with E-state index in [1.54, 1.807) is 0 Å². The summed E-state index contributed by atoms with van der Waals surface area (Å²) in [6.07, 6.45) is 0. The van der Waals surface area contributed by atoms with Crippen LogP contribution < -0.4 is 5.48 Å². The van der Waals surface area contributed by atoms with Gasteiger partial charge in [0.05, 0.1) is 0 Å². The van der Waals surface area contributed by atoms with Crippen LogP contribution in [0.3, 0.4) is 0 Å². The topological polar surface area (TPSA) is 52.5 Å². The van der Waals surface area contributed by atoms with Crippen LogP contribution in [-0.2, 0) is 6.54 Å². The summed E-state index contributed by atoms with van der Waals surface area (Å²) in [6, 6.07) is 2.67. The van der Waals surface area contributed by atoms with Gasteiger partial charge in [0.2, 0.25) is 0 Å². The molecule has 66 valence electrons. The number of rotatable bonds is 2. The first-order chi connectivity index (χ1) is 5.65. The summed E-state index contributed by atoms with van der Waals surface area (Å²) in [5, 5.41) is 17.5. The van der Waals surface area contributed by atoms with Crippen molar-refractivity contribution < 1.29 is 14.7 Å². The second-order valence-corrected chi connectivity index (χ2v) is 2.56. The first kappa shape index (κ1) is 8.96. The Morgan fingerprint density at radius 3 is 2.67 bits per heavy atom. The van der Waals surface area contributed by atoms with Crippen molar-refractivity contribution in [3.05, 3.63) is 29.1 Å². The van der Waals surface area contributed by atoms with Gasteiger partial charge in [0.25, 0.3) is 0 Å². The lowest BCUT2D eigenvalue weighted by atomic mass is 10.1. The second-order valence-electron chi connectivity index (χ2n) is 2.56. The number of phenols is 1. The van der Waals surface area contributed by atoms with Gasteiger partial charge in [-0.15, -0.1) is 0 Å². The molecular formula is C8H10FNO2. The normalized spacial score (nSPS) is 10.2. The van der Waals surface area contributed by atoms with Gasteiger partial charge in [0.1, 0.15) is 11.6 Å². The fourth-order valence-electron chi connectivity index (χ4n) is 0.912. The highest BCUT2D eigenvalue weighted by atomic mass is 19.1. The molecule has 0 radical (unpaired) electrons. The molecule has 1 aromatic carbocycles. The van der Waals surface area contributed by atoms with Crippen molar-refractivity contribution in [3.63, 3.8) is 0 Å². The number of aromatic hydroxyl groups is 1. The summed E-state index contributed by atoms with van der Waals surface area (Å²) in [5.74, 6) is -0.569. The molecule has 0 spiro atoms. The predicted molar refractivity (Wildman–Crippen MR) is 41.4 cm³/mol.